The molecule has 4 heteroatoms. The van der Waals surface area contributed by atoms with E-state index in [1.165, 1.54) is 0 Å². The highest BCUT2D eigenvalue weighted by atomic mass is 16.5. The Labute approximate surface area is 115 Å². The molecule has 1 aliphatic carbocycles. The standard InChI is InChI=1S/C15H23NO3/c1-4-18-13-9-7-6-8-11(13)16-12-10-14(19-5-2)15(12)17-3/h6-9,12,14-16H,4-5,10H2,1-3H3. The first-order chi connectivity index (χ1) is 9.30. The van der Waals surface area contributed by atoms with Crippen molar-refractivity contribution in [2.24, 2.45) is 0 Å². The monoisotopic (exact) mass is 265 g/mol. The van der Waals surface area contributed by atoms with E-state index < -0.39 is 0 Å². The maximum Gasteiger partial charge on any atom is 0.142 e. The van der Waals surface area contributed by atoms with Crippen molar-refractivity contribution >= 4 is 5.69 Å². The summed E-state index contributed by atoms with van der Waals surface area (Å²) in [5.74, 6) is 0.889. The summed E-state index contributed by atoms with van der Waals surface area (Å²) in [6, 6.07) is 8.28. The van der Waals surface area contributed by atoms with Gasteiger partial charge in [0.2, 0.25) is 0 Å². The van der Waals surface area contributed by atoms with Gasteiger partial charge >= 0.3 is 0 Å². The van der Waals surface area contributed by atoms with Gasteiger partial charge in [0.25, 0.3) is 0 Å². The summed E-state index contributed by atoms with van der Waals surface area (Å²) in [6.07, 6.45) is 1.27. The van der Waals surface area contributed by atoms with E-state index in [0.717, 1.165) is 24.5 Å². The third-order valence-corrected chi connectivity index (χ3v) is 3.43. The highest BCUT2D eigenvalue weighted by Gasteiger charge is 2.42. The van der Waals surface area contributed by atoms with Crippen LogP contribution in [0.25, 0.3) is 0 Å². The average Bonchev–Trinajstić information content (AvgIpc) is 2.40. The molecule has 0 bridgehead atoms. The van der Waals surface area contributed by atoms with E-state index >= 15 is 0 Å². The second-order valence-electron chi connectivity index (χ2n) is 4.61. The molecular weight excluding hydrogens is 242 g/mol. The fourth-order valence-electron chi connectivity index (χ4n) is 2.48. The van der Waals surface area contributed by atoms with Gasteiger partial charge in [-0.15, -0.1) is 0 Å². The van der Waals surface area contributed by atoms with Crippen molar-refractivity contribution in [3.05, 3.63) is 24.3 Å². The topological polar surface area (TPSA) is 39.7 Å². The van der Waals surface area contributed by atoms with Crippen LogP contribution in [0.4, 0.5) is 5.69 Å². The predicted octanol–water partition coefficient (Wildman–Crippen LogP) is 2.69. The molecule has 0 aliphatic heterocycles. The fraction of sp³-hybridized carbons (Fsp3) is 0.600. The zero-order valence-corrected chi connectivity index (χ0v) is 11.9. The van der Waals surface area contributed by atoms with Gasteiger partial charge in [-0.2, -0.15) is 0 Å². The Morgan fingerprint density at radius 1 is 1.21 bits per heavy atom. The first-order valence-electron chi connectivity index (χ1n) is 6.92. The molecule has 106 valence electrons. The van der Waals surface area contributed by atoms with Crippen LogP contribution in [0.3, 0.4) is 0 Å². The molecule has 3 unspecified atom stereocenters. The van der Waals surface area contributed by atoms with E-state index in [1.807, 2.05) is 38.1 Å². The van der Waals surface area contributed by atoms with Gasteiger partial charge in [-0.05, 0) is 32.4 Å². The smallest absolute Gasteiger partial charge is 0.142 e. The molecule has 1 aromatic carbocycles. The molecule has 2 rings (SSSR count). The Bertz CT molecular complexity index is 397. The van der Waals surface area contributed by atoms with Crippen molar-refractivity contribution in [3.63, 3.8) is 0 Å². The quantitative estimate of drug-likeness (QED) is 0.823. The molecule has 3 atom stereocenters. The summed E-state index contributed by atoms with van der Waals surface area (Å²) in [5.41, 5.74) is 1.02. The lowest BCUT2D eigenvalue weighted by Gasteiger charge is -2.43. The molecule has 1 saturated carbocycles. The van der Waals surface area contributed by atoms with Crippen molar-refractivity contribution in [2.75, 3.05) is 25.6 Å². The van der Waals surface area contributed by atoms with Crippen LogP contribution in [0.2, 0.25) is 0 Å². The van der Waals surface area contributed by atoms with Gasteiger partial charge in [-0.3, -0.25) is 0 Å². The van der Waals surface area contributed by atoms with Crippen molar-refractivity contribution in [1.82, 2.24) is 0 Å². The molecule has 0 spiro atoms. The normalized spacial score (nSPS) is 25.7. The number of rotatable bonds is 7. The van der Waals surface area contributed by atoms with E-state index in [0.29, 0.717) is 6.61 Å². The highest BCUT2D eigenvalue weighted by molar-refractivity contribution is 5.57. The van der Waals surface area contributed by atoms with E-state index in [4.69, 9.17) is 14.2 Å². The Hall–Kier alpha value is -1.26. The van der Waals surface area contributed by atoms with Crippen molar-refractivity contribution in [2.45, 2.75) is 38.5 Å². The molecule has 0 heterocycles. The third kappa shape index (κ3) is 3.19. The lowest BCUT2D eigenvalue weighted by molar-refractivity contribution is -0.118. The van der Waals surface area contributed by atoms with Crippen molar-refractivity contribution < 1.29 is 14.2 Å². The van der Waals surface area contributed by atoms with Crippen LogP contribution in [-0.2, 0) is 9.47 Å². The minimum Gasteiger partial charge on any atom is -0.492 e. The van der Waals surface area contributed by atoms with Crippen molar-refractivity contribution in [3.8, 4) is 5.75 Å². The number of para-hydroxylation sites is 2. The van der Waals surface area contributed by atoms with Crippen LogP contribution < -0.4 is 10.1 Å². The van der Waals surface area contributed by atoms with Crippen LogP contribution >= 0.6 is 0 Å². The second-order valence-corrected chi connectivity index (χ2v) is 4.61. The molecule has 0 aromatic heterocycles. The minimum absolute atomic E-state index is 0.106. The molecule has 0 radical (unpaired) electrons. The van der Waals surface area contributed by atoms with Gasteiger partial charge < -0.3 is 19.5 Å². The van der Waals surface area contributed by atoms with Crippen LogP contribution in [0, 0.1) is 0 Å². The lowest BCUT2D eigenvalue weighted by atomic mass is 9.85. The average molecular weight is 265 g/mol. The highest BCUT2D eigenvalue weighted by Crippen LogP contribution is 2.33. The summed E-state index contributed by atoms with van der Waals surface area (Å²) >= 11 is 0. The zero-order chi connectivity index (χ0) is 13.7. The Balaban J connectivity index is 1.98. The summed E-state index contributed by atoms with van der Waals surface area (Å²) < 4.78 is 16.8. The van der Waals surface area contributed by atoms with Crippen LogP contribution in [-0.4, -0.2) is 38.6 Å². The van der Waals surface area contributed by atoms with Crippen molar-refractivity contribution in [1.29, 1.82) is 0 Å². The molecule has 4 nitrogen and oxygen atoms in total. The van der Waals surface area contributed by atoms with E-state index in [1.54, 1.807) is 7.11 Å². The maximum absolute atomic E-state index is 5.63. The number of anilines is 1. The molecule has 1 fully saturated rings. The number of benzene rings is 1. The summed E-state index contributed by atoms with van der Waals surface area (Å²) in [6.45, 7) is 5.40. The van der Waals surface area contributed by atoms with Gasteiger partial charge in [0, 0.05) is 13.7 Å². The van der Waals surface area contributed by atoms with E-state index in [-0.39, 0.29) is 18.2 Å². The fourth-order valence-corrected chi connectivity index (χ4v) is 2.48. The second kappa shape index (κ2) is 6.78. The number of nitrogens with one attached hydrogen (secondary N) is 1. The van der Waals surface area contributed by atoms with E-state index in [2.05, 4.69) is 5.32 Å². The Kier molecular flexibility index (Phi) is 5.05. The molecule has 0 saturated heterocycles. The molecule has 1 aromatic rings. The molecule has 1 aliphatic rings. The number of methoxy groups -OCH3 is 1. The molecule has 19 heavy (non-hydrogen) atoms. The van der Waals surface area contributed by atoms with Gasteiger partial charge in [-0.1, -0.05) is 12.1 Å². The molecular formula is C15H23NO3. The van der Waals surface area contributed by atoms with Gasteiger partial charge in [0.15, 0.2) is 0 Å². The number of hydrogen-bond donors (Lipinski definition) is 1. The predicted molar refractivity (Wildman–Crippen MR) is 75.8 cm³/mol. The first kappa shape index (κ1) is 14.2. The first-order valence-corrected chi connectivity index (χ1v) is 6.92. The van der Waals surface area contributed by atoms with Gasteiger partial charge in [0.05, 0.1) is 24.4 Å². The third-order valence-electron chi connectivity index (χ3n) is 3.43. The maximum atomic E-state index is 5.63. The van der Waals surface area contributed by atoms with Gasteiger partial charge in [-0.25, -0.2) is 0 Å². The Morgan fingerprint density at radius 2 is 2.00 bits per heavy atom. The molecule has 1 N–H and O–H groups in total. The molecule has 0 amide bonds. The van der Waals surface area contributed by atoms with Gasteiger partial charge in [0.1, 0.15) is 11.9 Å². The SMILES string of the molecule is CCOc1ccccc1NC1CC(OCC)C1OC. The lowest BCUT2D eigenvalue weighted by Crippen LogP contribution is -2.56. The van der Waals surface area contributed by atoms with E-state index in [9.17, 15) is 0 Å². The number of hydrogen-bond acceptors (Lipinski definition) is 4. The van der Waals surface area contributed by atoms with Crippen LogP contribution in [0.1, 0.15) is 20.3 Å². The van der Waals surface area contributed by atoms with Crippen LogP contribution in [0.5, 0.6) is 5.75 Å². The Morgan fingerprint density at radius 3 is 2.68 bits per heavy atom. The zero-order valence-electron chi connectivity index (χ0n) is 11.9. The summed E-state index contributed by atoms with van der Waals surface area (Å²) in [7, 11) is 1.74. The largest absolute Gasteiger partial charge is 0.492 e. The van der Waals surface area contributed by atoms with Crippen LogP contribution in [0.15, 0.2) is 24.3 Å². The minimum atomic E-state index is 0.106. The summed E-state index contributed by atoms with van der Waals surface area (Å²) in [4.78, 5) is 0. The summed E-state index contributed by atoms with van der Waals surface area (Å²) in [5, 5.41) is 3.49. The number of ether oxygens (including phenoxy) is 3.